The van der Waals surface area contributed by atoms with E-state index >= 15 is 0 Å². The smallest absolute Gasteiger partial charge is 0.123 e. The Labute approximate surface area is 120 Å². The lowest BCUT2D eigenvalue weighted by Gasteiger charge is -2.11. The zero-order chi connectivity index (χ0) is 14.4. The van der Waals surface area contributed by atoms with Gasteiger partial charge in [-0.3, -0.25) is 0 Å². The van der Waals surface area contributed by atoms with Gasteiger partial charge in [-0.1, -0.05) is 44.2 Å². The van der Waals surface area contributed by atoms with Gasteiger partial charge in [0.15, 0.2) is 0 Å². The summed E-state index contributed by atoms with van der Waals surface area (Å²) < 4.78 is 13.5. The highest BCUT2D eigenvalue weighted by atomic mass is 19.1. The standard InChI is InChI=1S/C18H22FN/c1-3-11-20-13-16-9-10-17(19)12-18(16)15-7-5-14(4-2)6-8-15/h5-10,12,20H,3-4,11,13H2,1-2H3. The first-order chi connectivity index (χ1) is 9.74. The van der Waals surface area contributed by atoms with Crippen LogP contribution >= 0.6 is 0 Å². The predicted molar refractivity (Wildman–Crippen MR) is 83.2 cm³/mol. The van der Waals surface area contributed by atoms with Crippen LogP contribution in [0.4, 0.5) is 4.39 Å². The highest BCUT2D eigenvalue weighted by molar-refractivity contribution is 5.67. The largest absolute Gasteiger partial charge is 0.313 e. The van der Waals surface area contributed by atoms with Crippen LogP contribution < -0.4 is 5.32 Å². The van der Waals surface area contributed by atoms with Gasteiger partial charge in [-0.05, 0) is 53.8 Å². The second kappa shape index (κ2) is 7.20. The van der Waals surface area contributed by atoms with Crippen molar-refractivity contribution < 1.29 is 4.39 Å². The fourth-order valence-corrected chi connectivity index (χ4v) is 2.29. The summed E-state index contributed by atoms with van der Waals surface area (Å²) in [6, 6.07) is 13.4. The topological polar surface area (TPSA) is 12.0 Å². The Kier molecular flexibility index (Phi) is 5.31. The highest BCUT2D eigenvalue weighted by Crippen LogP contribution is 2.25. The third kappa shape index (κ3) is 3.67. The van der Waals surface area contributed by atoms with E-state index in [0.717, 1.165) is 42.6 Å². The average molecular weight is 271 g/mol. The van der Waals surface area contributed by atoms with E-state index in [1.807, 2.05) is 6.07 Å². The molecule has 0 saturated carbocycles. The molecule has 20 heavy (non-hydrogen) atoms. The van der Waals surface area contributed by atoms with Crippen LogP contribution in [0.25, 0.3) is 11.1 Å². The highest BCUT2D eigenvalue weighted by Gasteiger charge is 2.06. The Bertz CT molecular complexity index is 546. The van der Waals surface area contributed by atoms with Gasteiger partial charge >= 0.3 is 0 Å². The fraction of sp³-hybridized carbons (Fsp3) is 0.333. The van der Waals surface area contributed by atoms with Crippen molar-refractivity contribution in [3.63, 3.8) is 0 Å². The van der Waals surface area contributed by atoms with E-state index in [-0.39, 0.29) is 5.82 Å². The Hall–Kier alpha value is -1.67. The molecule has 0 bridgehead atoms. The molecule has 0 aliphatic heterocycles. The summed E-state index contributed by atoms with van der Waals surface area (Å²) in [4.78, 5) is 0. The van der Waals surface area contributed by atoms with Gasteiger partial charge in [0.25, 0.3) is 0 Å². The summed E-state index contributed by atoms with van der Waals surface area (Å²) in [7, 11) is 0. The minimum absolute atomic E-state index is 0.182. The Morgan fingerprint density at radius 2 is 1.75 bits per heavy atom. The summed E-state index contributed by atoms with van der Waals surface area (Å²) in [6.07, 6.45) is 2.12. The first kappa shape index (κ1) is 14.7. The molecule has 0 amide bonds. The third-order valence-corrected chi connectivity index (χ3v) is 3.49. The van der Waals surface area contributed by atoms with Crippen LogP contribution in [-0.2, 0) is 13.0 Å². The molecule has 2 aromatic rings. The third-order valence-electron chi connectivity index (χ3n) is 3.49. The van der Waals surface area contributed by atoms with Crippen molar-refractivity contribution in [2.24, 2.45) is 0 Å². The van der Waals surface area contributed by atoms with Gasteiger partial charge in [0.2, 0.25) is 0 Å². The van der Waals surface area contributed by atoms with E-state index < -0.39 is 0 Å². The zero-order valence-electron chi connectivity index (χ0n) is 12.2. The van der Waals surface area contributed by atoms with Crippen LogP contribution in [0.2, 0.25) is 0 Å². The van der Waals surface area contributed by atoms with Crippen molar-refractivity contribution in [3.8, 4) is 11.1 Å². The average Bonchev–Trinajstić information content (AvgIpc) is 2.49. The molecule has 0 saturated heterocycles. The van der Waals surface area contributed by atoms with Crippen LogP contribution in [0, 0.1) is 5.82 Å². The number of benzene rings is 2. The van der Waals surface area contributed by atoms with E-state index in [9.17, 15) is 4.39 Å². The molecule has 2 aromatic carbocycles. The molecule has 0 atom stereocenters. The Morgan fingerprint density at radius 3 is 2.40 bits per heavy atom. The molecule has 0 spiro atoms. The predicted octanol–water partition coefficient (Wildman–Crippen LogP) is 4.55. The molecule has 0 aliphatic rings. The lowest BCUT2D eigenvalue weighted by atomic mass is 9.98. The van der Waals surface area contributed by atoms with Crippen LogP contribution in [0.1, 0.15) is 31.4 Å². The van der Waals surface area contributed by atoms with Crippen molar-refractivity contribution in [2.75, 3.05) is 6.54 Å². The molecule has 0 aliphatic carbocycles. The van der Waals surface area contributed by atoms with E-state index in [1.165, 1.54) is 11.6 Å². The first-order valence-corrected chi connectivity index (χ1v) is 7.33. The van der Waals surface area contributed by atoms with Crippen molar-refractivity contribution in [1.82, 2.24) is 5.32 Å². The van der Waals surface area contributed by atoms with Gasteiger partial charge in [0, 0.05) is 6.54 Å². The summed E-state index contributed by atoms with van der Waals surface area (Å²) in [5, 5.41) is 3.38. The van der Waals surface area contributed by atoms with E-state index in [0.29, 0.717) is 0 Å². The van der Waals surface area contributed by atoms with Gasteiger partial charge in [0.1, 0.15) is 5.82 Å². The zero-order valence-corrected chi connectivity index (χ0v) is 12.2. The number of rotatable bonds is 6. The van der Waals surface area contributed by atoms with Crippen LogP contribution in [0.15, 0.2) is 42.5 Å². The molecule has 2 rings (SSSR count). The fourth-order valence-electron chi connectivity index (χ4n) is 2.29. The van der Waals surface area contributed by atoms with Gasteiger partial charge in [-0.25, -0.2) is 4.39 Å². The first-order valence-electron chi connectivity index (χ1n) is 7.33. The molecule has 2 heteroatoms. The maximum Gasteiger partial charge on any atom is 0.123 e. The van der Waals surface area contributed by atoms with Crippen LogP contribution in [0.5, 0.6) is 0 Å². The van der Waals surface area contributed by atoms with E-state index in [2.05, 4.69) is 43.4 Å². The number of nitrogens with one attached hydrogen (secondary N) is 1. The minimum atomic E-state index is -0.182. The summed E-state index contributed by atoms with van der Waals surface area (Å²) >= 11 is 0. The molecule has 0 aromatic heterocycles. The Morgan fingerprint density at radius 1 is 1.00 bits per heavy atom. The maximum atomic E-state index is 13.5. The quantitative estimate of drug-likeness (QED) is 0.760. The molecule has 1 nitrogen and oxygen atoms in total. The summed E-state index contributed by atoms with van der Waals surface area (Å²) in [5.41, 5.74) is 4.51. The van der Waals surface area contributed by atoms with Gasteiger partial charge in [-0.2, -0.15) is 0 Å². The van der Waals surface area contributed by atoms with Gasteiger partial charge in [0.05, 0.1) is 0 Å². The van der Waals surface area contributed by atoms with Gasteiger partial charge < -0.3 is 5.32 Å². The SMILES string of the molecule is CCCNCc1ccc(F)cc1-c1ccc(CC)cc1. The normalized spacial score (nSPS) is 10.8. The molecule has 106 valence electrons. The molecular weight excluding hydrogens is 249 g/mol. The summed E-state index contributed by atoms with van der Waals surface area (Å²) in [6.45, 7) is 6.03. The minimum Gasteiger partial charge on any atom is -0.313 e. The number of aryl methyl sites for hydroxylation is 1. The number of halogens is 1. The van der Waals surface area contributed by atoms with E-state index in [1.54, 1.807) is 6.07 Å². The monoisotopic (exact) mass is 271 g/mol. The van der Waals surface area contributed by atoms with Crippen molar-refractivity contribution >= 4 is 0 Å². The number of hydrogen-bond donors (Lipinski definition) is 1. The lowest BCUT2D eigenvalue weighted by molar-refractivity contribution is 0.625. The molecule has 0 heterocycles. The van der Waals surface area contributed by atoms with Crippen molar-refractivity contribution in [1.29, 1.82) is 0 Å². The second-order valence-corrected chi connectivity index (χ2v) is 5.03. The lowest BCUT2D eigenvalue weighted by Crippen LogP contribution is -2.14. The number of hydrogen-bond acceptors (Lipinski definition) is 1. The van der Waals surface area contributed by atoms with Crippen LogP contribution in [0.3, 0.4) is 0 Å². The molecule has 0 fully saturated rings. The molecule has 0 unspecified atom stereocenters. The summed E-state index contributed by atoms with van der Waals surface area (Å²) in [5.74, 6) is -0.182. The van der Waals surface area contributed by atoms with Crippen molar-refractivity contribution in [2.45, 2.75) is 33.2 Å². The molecule has 0 radical (unpaired) electrons. The second-order valence-electron chi connectivity index (χ2n) is 5.03. The van der Waals surface area contributed by atoms with Crippen LogP contribution in [-0.4, -0.2) is 6.54 Å². The molecule has 1 N–H and O–H groups in total. The molecular formula is C18H22FN. The Balaban J connectivity index is 2.29. The maximum absolute atomic E-state index is 13.5. The van der Waals surface area contributed by atoms with E-state index in [4.69, 9.17) is 0 Å². The van der Waals surface area contributed by atoms with Crippen molar-refractivity contribution in [3.05, 3.63) is 59.4 Å². The van der Waals surface area contributed by atoms with Gasteiger partial charge in [-0.15, -0.1) is 0 Å².